The summed E-state index contributed by atoms with van der Waals surface area (Å²) >= 11 is 0. The van der Waals surface area contributed by atoms with Crippen molar-refractivity contribution in [1.29, 1.82) is 0 Å². The number of aliphatic hydroxyl groups is 1. The third-order valence-corrected chi connectivity index (χ3v) is 7.04. The third kappa shape index (κ3) is 2.78. The topological polar surface area (TPSA) is 55.8 Å². The minimum absolute atomic E-state index is 0.00332. The summed E-state index contributed by atoms with van der Waals surface area (Å²) in [6, 6.07) is 7.82. The lowest BCUT2D eigenvalue weighted by Crippen LogP contribution is -2.58. The molecule has 26 heavy (non-hydrogen) atoms. The Bertz CT molecular complexity index is 629. The van der Waals surface area contributed by atoms with Crippen LogP contribution in [-0.4, -0.2) is 24.8 Å². The molecule has 0 spiro atoms. The number of hydrogen-bond donors (Lipinski definition) is 1. The van der Waals surface area contributed by atoms with Crippen molar-refractivity contribution in [2.75, 3.05) is 13.9 Å². The summed E-state index contributed by atoms with van der Waals surface area (Å²) < 4.78 is 10.9. The normalized spacial score (nSPS) is 36.9. The number of ketones is 1. The van der Waals surface area contributed by atoms with E-state index < -0.39 is 5.60 Å². The second-order valence-electron chi connectivity index (χ2n) is 8.27. The number of rotatable bonds is 4. The average molecular weight is 358 g/mol. The molecular formula is C22H30O4. The zero-order valence-electron chi connectivity index (χ0n) is 15.7. The van der Waals surface area contributed by atoms with Crippen molar-refractivity contribution in [2.24, 2.45) is 23.7 Å². The summed E-state index contributed by atoms with van der Waals surface area (Å²) in [5, 5.41) is 12.3. The molecule has 0 amide bonds. The van der Waals surface area contributed by atoms with Gasteiger partial charge >= 0.3 is 0 Å². The predicted molar refractivity (Wildman–Crippen MR) is 98.7 cm³/mol. The zero-order chi connectivity index (χ0) is 18.1. The fourth-order valence-electron chi connectivity index (χ4n) is 5.99. The Labute approximate surface area is 155 Å². The van der Waals surface area contributed by atoms with E-state index in [1.54, 1.807) is 7.11 Å². The Hall–Kier alpha value is -1.39. The van der Waals surface area contributed by atoms with Gasteiger partial charge in [0.15, 0.2) is 6.79 Å². The first-order valence-corrected chi connectivity index (χ1v) is 10.1. The molecule has 0 radical (unpaired) electrons. The SMILES string of the molecule is COCOc1ccccc1C1(O)C2CCCCC2C(=O)C2CCCCC21. The van der Waals surface area contributed by atoms with Crippen molar-refractivity contribution in [3.05, 3.63) is 29.8 Å². The van der Waals surface area contributed by atoms with E-state index in [2.05, 4.69) is 0 Å². The van der Waals surface area contributed by atoms with Gasteiger partial charge in [-0.2, -0.15) is 0 Å². The van der Waals surface area contributed by atoms with Crippen molar-refractivity contribution in [3.63, 3.8) is 0 Å². The summed E-state index contributed by atoms with van der Waals surface area (Å²) in [6.45, 7) is 0.161. The molecular weight excluding hydrogens is 328 g/mol. The number of carbonyl (C=O) groups excluding carboxylic acids is 1. The molecule has 0 saturated heterocycles. The van der Waals surface area contributed by atoms with Crippen LogP contribution in [0.25, 0.3) is 0 Å². The van der Waals surface area contributed by atoms with E-state index >= 15 is 0 Å². The molecule has 4 heteroatoms. The van der Waals surface area contributed by atoms with Gasteiger partial charge in [0.05, 0.1) is 0 Å². The van der Waals surface area contributed by atoms with E-state index in [0.717, 1.165) is 56.9 Å². The van der Waals surface area contributed by atoms with Crippen LogP contribution in [0.5, 0.6) is 5.75 Å². The molecule has 0 aromatic heterocycles. The Morgan fingerprint density at radius 2 is 1.58 bits per heavy atom. The van der Waals surface area contributed by atoms with Gasteiger partial charge in [0.25, 0.3) is 0 Å². The molecule has 3 saturated carbocycles. The van der Waals surface area contributed by atoms with Crippen LogP contribution in [0, 0.1) is 23.7 Å². The highest BCUT2D eigenvalue weighted by atomic mass is 16.7. The molecule has 1 aromatic carbocycles. The number of methoxy groups -OCH3 is 1. The highest BCUT2D eigenvalue weighted by Crippen LogP contribution is 2.58. The molecule has 4 rings (SSSR count). The Balaban J connectivity index is 1.81. The summed E-state index contributed by atoms with van der Waals surface area (Å²) in [5.74, 6) is 1.15. The first-order valence-electron chi connectivity index (χ1n) is 10.1. The summed E-state index contributed by atoms with van der Waals surface area (Å²) in [5.41, 5.74) is -0.118. The minimum Gasteiger partial charge on any atom is -0.467 e. The molecule has 0 aliphatic heterocycles. The van der Waals surface area contributed by atoms with Gasteiger partial charge in [-0.05, 0) is 31.7 Å². The van der Waals surface area contributed by atoms with Gasteiger partial charge in [-0.25, -0.2) is 0 Å². The Morgan fingerprint density at radius 3 is 2.19 bits per heavy atom. The molecule has 0 bridgehead atoms. The van der Waals surface area contributed by atoms with E-state index in [0.29, 0.717) is 11.5 Å². The number of fused-ring (bicyclic) bond motifs is 2. The second-order valence-corrected chi connectivity index (χ2v) is 8.27. The van der Waals surface area contributed by atoms with Gasteiger partial charge in [-0.15, -0.1) is 0 Å². The van der Waals surface area contributed by atoms with Gasteiger partial charge in [0.1, 0.15) is 17.1 Å². The number of Topliss-reactive ketones (excluding diaryl/α,β-unsaturated/α-hetero) is 1. The van der Waals surface area contributed by atoms with Crippen molar-refractivity contribution < 1.29 is 19.4 Å². The lowest BCUT2D eigenvalue weighted by atomic mass is 9.50. The van der Waals surface area contributed by atoms with Crippen LogP contribution in [0.15, 0.2) is 24.3 Å². The van der Waals surface area contributed by atoms with E-state index in [1.165, 1.54) is 0 Å². The van der Waals surface area contributed by atoms with Gasteiger partial charge < -0.3 is 14.6 Å². The predicted octanol–water partition coefficient (Wildman–Crippen LogP) is 4.05. The summed E-state index contributed by atoms with van der Waals surface area (Å²) in [7, 11) is 1.60. The highest BCUT2D eigenvalue weighted by Gasteiger charge is 2.59. The van der Waals surface area contributed by atoms with Crippen LogP contribution >= 0.6 is 0 Å². The van der Waals surface area contributed by atoms with Crippen molar-refractivity contribution in [2.45, 2.75) is 57.0 Å². The fourth-order valence-corrected chi connectivity index (χ4v) is 5.99. The first kappa shape index (κ1) is 18.0. The number of carbonyl (C=O) groups is 1. The molecule has 1 N–H and O–H groups in total. The molecule has 0 heterocycles. The molecule has 4 atom stereocenters. The quantitative estimate of drug-likeness (QED) is 0.825. The number of benzene rings is 1. The fraction of sp³-hybridized carbons (Fsp3) is 0.682. The van der Waals surface area contributed by atoms with Gasteiger partial charge in [0, 0.05) is 36.3 Å². The smallest absolute Gasteiger partial charge is 0.188 e. The van der Waals surface area contributed by atoms with Gasteiger partial charge in [-0.3, -0.25) is 4.79 Å². The maximum absolute atomic E-state index is 13.2. The van der Waals surface area contributed by atoms with Crippen molar-refractivity contribution in [3.8, 4) is 5.75 Å². The Kier molecular flexibility index (Phi) is 5.07. The van der Waals surface area contributed by atoms with Crippen LogP contribution in [0.3, 0.4) is 0 Å². The first-order chi connectivity index (χ1) is 12.7. The number of hydrogen-bond acceptors (Lipinski definition) is 4. The average Bonchev–Trinajstić information content (AvgIpc) is 2.71. The lowest BCUT2D eigenvalue weighted by Gasteiger charge is -2.55. The summed E-state index contributed by atoms with van der Waals surface area (Å²) in [6.07, 6.45) is 8.09. The molecule has 3 aliphatic rings. The molecule has 3 aliphatic carbocycles. The molecule has 4 nitrogen and oxygen atoms in total. The lowest BCUT2D eigenvalue weighted by molar-refractivity contribution is -0.181. The van der Waals surface area contributed by atoms with Gasteiger partial charge in [-0.1, -0.05) is 43.9 Å². The van der Waals surface area contributed by atoms with E-state index in [1.807, 2.05) is 24.3 Å². The number of ether oxygens (including phenoxy) is 2. The highest BCUT2D eigenvalue weighted by molar-refractivity contribution is 5.86. The monoisotopic (exact) mass is 358 g/mol. The van der Waals surface area contributed by atoms with E-state index in [9.17, 15) is 9.90 Å². The number of para-hydroxylation sites is 1. The molecule has 4 unspecified atom stereocenters. The van der Waals surface area contributed by atoms with E-state index in [4.69, 9.17) is 9.47 Å². The van der Waals surface area contributed by atoms with Crippen LogP contribution in [0.4, 0.5) is 0 Å². The van der Waals surface area contributed by atoms with Crippen LogP contribution in [0.2, 0.25) is 0 Å². The van der Waals surface area contributed by atoms with Crippen LogP contribution < -0.4 is 4.74 Å². The van der Waals surface area contributed by atoms with Crippen molar-refractivity contribution in [1.82, 2.24) is 0 Å². The largest absolute Gasteiger partial charge is 0.467 e. The standard InChI is InChI=1S/C22H30O4/c1-25-14-26-20-13-7-6-12-19(20)22(24)17-10-4-2-8-15(17)21(23)16-9-3-5-11-18(16)22/h6-7,12-13,15-18,24H,2-5,8-11,14H2,1H3. The molecule has 1 aromatic rings. The zero-order valence-corrected chi connectivity index (χ0v) is 15.7. The Morgan fingerprint density at radius 1 is 1.00 bits per heavy atom. The van der Waals surface area contributed by atoms with Crippen LogP contribution in [-0.2, 0) is 15.1 Å². The van der Waals surface area contributed by atoms with Gasteiger partial charge in [0.2, 0.25) is 0 Å². The maximum Gasteiger partial charge on any atom is 0.188 e. The second kappa shape index (κ2) is 7.32. The third-order valence-electron chi connectivity index (χ3n) is 7.04. The van der Waals surface area contributed by atoms with Crippen molar-refractivity contribution >= 4 is 5.78 Å². The molecule has 142 valence electrons. The molecule has 3 fully saturated rings. The van der Waals surface area contributed by atoms with E-state index in [-0.39, 0.29) is 30.5 Å². The minimum atomic E-state index is -0.978. The maximum atomic E-state index is 13.2. The van der Waals surface area contributed by atoms with Crippen LogP contribution in [0.1, 0.15) is 56.9 Å². The summed E-state index contributed by atoms with van der Waals surface area (Å²) in [4.78, 5) is 13.2.